The Bertz CT molecular complexity index is 371. The molecule has 2 atom stereocenters. The minimum atomic E-state index is 0.372. The van der Waals surface area contributed by atoms with Gasteiger partial charge < -0.3 is 10.2 Å². The van der Waals surface area contributed by atoms with Gasteiger partial charge in [-0.05, 0) is 57.5 Å². The third-order valence-corrected chi connectivity index (χ3v) is 4.14. The van der Waals surface area contributed by atoms with Crippen molar-refractivity contribution in [3.05, 3.63) is 34.9 Å². The van der Waals surface area contributed by atoms with E-state index in [1.54, 1.807) is 0 Å². The zero-order valence-electron chi connectivity index (χ0n) is 12.0. The Morgan fingerprint density at radius 2 is 1.74 bits per heavy atom. The van der Waals surface area contributed by atoms with Gasteiger partial charge in [-0.15, -0.1) is 0 Å². The topological polar surface area (TPSA) is 15.3 Å². The average Bonchev–Trinajstić information content (AvgIpc) is 2.40. The van der Waals surface area contributed by atoms with Gasteiger partial charge in [0, 0.05) is 23.7 Å². The summed E-state index contributed by atoms with van der Waals surface area (Å²) in [4.78, 5) is 2.58. The lowest BCUT2D eigenvalue weighted by Gasteiger charge is -2.30. The highest BCUT2D eigenvalue weighted by Crippen LogP contribution is 2.17. The van der Waals surface area contributed by atoms with E-state index in [9.17, 15) is 0 Å². The van der Waals surface area contributed by atoms with Crippen molar-refractivity contribution in [2.24, 2.45) is 0 Å². The number of likely N-dealkylation sites (tertiary alicyclic amines) is 1. The molecule has 0 aromatic heterocycles. The second-order valence-electron chi connectivity index (χ2n) is 5.70. The molecule has 0 saturated carbocycles. The number of hydrogen-bond donors (Lipinski definition) is 1. The standard InChI is InChI=1S/C16H25ClN2/c1-13(12-19-10-4-3-5-11-19)18-14(2)15-6-8-16(17)9-7-15/h6-9,13-14,18H,3-5,10-12H2,1-2H3. The molecular formula is C16H25ClN2. The Labute approximate surface area is 122 Å². The summed E-state index contributed by atoms with van der Waals surface area (Å²) in [5.41, 5.74) is 1.30. The molecule has 1 heterocycles. The first kappa shape index (κ1) is 14.8. The van der Waals surface area contributed by atoms with E-state index in [1.807, 2.05) is 12.1 Å². The van der Waals surface area contributed by atoms with Gasteiger partial charge in [-0.25, -0.2) is 0 Å². The largest absolute Gasteiger partial charge is 0.306 e. The number of nitrogens with one attached hydrogen (secondary N) is 1. The lowest BCUT2D eigenvalue weighted by Crippen LogP contribution is -2.42. The van der Waals surface area contributed by atoms with E-state index < -0.39 is 0 Å². The minimum Gasteiger partial charge on any atom is -0.306 e. The van der Waals surface area contributed by atoms with Gasteiger partial charge in [-0.2, -0.15) is 0 Å². The Morgan fingerprint density at radius 3 is 2.37 bits per heavy atom. The molecule has 106 valence electrons. The first-order chi connectivity index (χ1) is 9.15. The Kier molecular flexibility index (Phi) is 5.68. The SMILES string of the molecule is CC(CN1CCCCC1)NC(C)c1ccc(Cl)cc1. The molecule has 19 heavy (non-hydrogen) atoms. The summed E-state index contributed by atoms with van der Waals surface area (Å²) in [6.07, 6.45) is 4.12. The number of rotatable bonds is 5. The van der Waals surface area contributed by atoms with Crippen molar-refractivity contribution >= 4 is 11.6 Å². The summed E-state index contributed by atoms with van der Waals surface area (Å²) in [5, 5.41) is 4.48. The van der Waals surface area contributed by atoms with Crippen molar-refractivity contribution < 1.29 is 0 Å². The lowest BCUT2D eigenvalue weighted by atomic mass is 10.1. The van der Waals surface area contributed by atoms with Crippen LogP contribution in [0.1, 0.15) is 44.7 Å². The Morgan fingerprint density at radius 1 is 1.11 bits per heavy atom. The Hall–Kier alpha value is -0.570. The fourth-order valence-corrected chi connectivity index (χ4v) is 2.98. The van der Waals surface area contributed by atoms with Gasteiger partial charge in [0.2, 0.25) is 0 Å². The summed E-state index contributed by atoms with van der Waals surface area (Å²) < 4.78 is 0. The van der Waals surface area contributed by atoms with E-state index in [4.69, 9.17) is 11.6 Å². The quantitative estimate of drug-likeness (QED) is 0.881. The monoisotopic (exact) mass is 280 g/mol. The summed E-state index contributed by atoms with van der Waals surface area (Å²) in [6.45, 7) is 8.18. The molecule has 0 aliphatic carbocycles. The van der Waals surface area contributed by atoms with E-state index in [2.05, 4.69) is 36.2 Å². The first-order valence-corrected chi connectivity index (χ1v) is 7.77. The Balaban J connectivity index is 1.80. The van der Waals surface area contributed by atoms with Crippen LogP contribution >= 0.6 is 11.6 Å². The molecule has 0 spiro atoms. The molecule has 0 radical (unpaired) electrons. The van der Waals surface area contributed by atoms with Gasteiger partial charge in [0.15, 0.2) is 0 Å². The summed E-state index contributed by atoms with van der Waals surface area (Å²) in [7, 11) is 0. The molecule has 1 N–H and O–H groups in total. The normalized spacial score (nSPS) is 20.2. The van der Waals surface area contributed by atoms with Crippen molar-refractivity contribution in [1.29, 1.82) is 0 Å². The maximum Gasteiger partial charge on any atom is 0.0406 e. The minimum absolute atomic E-state index is 0.372. The van der Waals surface area contributed by atoms with Crippen LogP contribution in [0.3, 0.4) is 0 Å². The van der Waals surface area contributed by atoms with Crippen LogP contribution in [0.15, 0.2) is 24.3 Å². The highest BCUT2D eigenvalue weighted by atomic mass is 35.5. The van der Waals surface area contributed by atoms with E-state index >= 15 is 0 Å². The van der Waals surface area contributed by atoms with E-state index in [0.29, 0.717) is 12.1 Å². The highest BCUT2D eigenvalue weighted by molar-refractivity contribution is 6.30. The number of piperidine rings is 1. The summed E-state index contributed by atoms with van der Waals surface area (Å²) in [5.74, 6) is 0. The predicted octanol–water partition coefficient (Wildman–Crippen LogP) is 3.87. The molecule has 1 aromatic carbocycles. The number of nitrogens with zero attached hydrogens (tertiary/aromatic N) is 1. The van der Waals surface area contributed by atoms with Gasteiger partial charge in [0.25, 0.3) is 0 Å². The van der Waals surface area contributed by atoms with Gasteiger partial charge in [-0.3, -0.25) is 0 Å². The van der Waals surface area contributed by atoms with Crippen molar-refractivity contribution in [1.82, 2.24) is 10.2 Å². The van der Waals surface area contributed by atoms with E-state index in [0.717, 1.165) is 11.6 Å². The molecule has 0 bridgehead atoms. The van der Waals surface area contributed by atoms with Crippen molar-refractivity contribution in [3.8, 4) is 0 Å². The molecular weight excluding hydrogens is 256 g/mol. The molecule has 3 heteroatoms. The molecule has 0 amide bonds. The van der Waals surface area contributed by atoms with Gasteiger partial charge in [-0.1, -0.05) is 30.2 Å². The number of hydrogen-bond acceptors (Lipinski definition) is 2. The highest BCUT2D eigenvalue weighted by Gasteiger charge is 2.15. The maximum absolute atomic E-state index is 5.92. The van der Waals surface area contributed by atoms with Crippen LogP contribution < -0.4 is 5.32 Å². The predicted molar refractivity (Wildman–Crippen MR) is 82.8 cm³/mol. The smallest absolute Gasteiger partial charge is 0.0406 e. The molecule has 1 aliphatic rings. The third-order valence-electron chi connectivity index (χ3n) is 3.89. The zero-order chi connectivity index (χ0) is 13.7. The number of halogens is 1. The third kappa shape index (κ3) is 4.79. The zero-order valence-corrected chi connectivity index (χ0v) is 12.8. The van der Waals surface area contributed by atoms with Crippen LogP contribution in [-0.4, -0.2) is 30.6 Å². The van der Waals surface area contributed by atoms with Crippen LogP contribution in [0.5, 0.6) is 0 Å². The van der Waals surface area contributed by atoms with Gasteiger partial charge in [0.05, 0.1) is 0 Å². The van der Waals surface area contributed by atoms with E-state index in [-0.39, 0.29) is 0 Å². The van der Waals surface area contributed by atoms with Crippen molar-refractivity contribution in [2.75, 3.05) is 19.6 Å². The maximum atomic E-state index is 5.92. The summed E-state index contributed by atoms with van der Waals surface area (Å²) >= 11 is 5.92. The first-order valence-electron chi connectivity index (χ1n) is 7.39. The van der Waals surface area contributed by atoms with Crippen molar-refractivity contribution in [2.45, 2.75) is 45.2 Å². The fourth-order valence-electron chi connectivity index (χ4n) is 2.86. The van der Waals surface area contributed by atoms with Crippen LogP contribution in [-0.2, 0) is 0 Å². The molecule has 2 unspecified atom stereocenters. The van der Waals surface area contributed by atoms with Gasteiger partial charge >= 0.3 is 0 Å². The molecule has 2 nitrogen and oxygen atoms in total. The average molecular weight is 281 g/mol. The summed E-state index contributed by atoms with van der Waals surface area (Å²) in [6, 6.07) is 9.02. The molecule has 1 saturated heterocycles. The molecule has 2 rings (SSSR count). The van der Waals surface area contributed by atoms with Crippen LogP contribution in [0, 0.1) is 0 Å². The van der Waals surface area contributed by atoms with Gasteiger partial charge in [0.1, 0.15) is 0 Å². The fraction of sp³-hybridized carbons (Fsp3) is 0.625. The second-order valence-corrected chi connectivity index (χ2v) is 6.14. The lowest BCUT2D eigenvalue weighted by molar-refractivity contribution is 0.205. The van der Waals surface area contributed by atoms with Crippen LogP contribution in [0.25, 0.3) is 0 Å². The molecule has 1 fully saturated rings. The molecule has 1 aliphatic heterocycles. The van der Waals surface area contributed by atoms with E-state index in [1.165, 1.54) is 37.9 Å². The molecule has 1 aromatic rings. The van der Waals surface area contributed by atoms with Crippen LogP contribution in [0.4, 0.5) is 0 Å². The number of benzene rings is 1. The van der Waals surface area contributed by atoms with Crippen LogP contribution in [0.2, 0.25) is 5.02 Å². The second kappa shape index (κ2) is 7.28. The van der Waals surface area contributed by atoms with Crippen molar-refractivity contribution in [3.63, 3.8) is 0 Å².